The molecule has 0 atom stereocenters. The Balaban J connectivity index is 2.52. The van der Waals surface area contributed by atoms with Gasteiger partial charge in [-0.15, -0.1) is 0 Å². The van der Waals surface area contributed by atoms with Crippen LogP contribution in [0.3, 0.4) is 0 Å². The fourth-order valence-electron chi connectivity index (χ4n) is 1.29. The number of nitrogens with one attached hydrogen (secondary N) is 2. The van der Waals surface area contributed by atoms with Crippen molar-refractivity contribution in [1.82, 2.24) is 10.3 Å². The number of aromatic nitrogens is 1. The molecule has 0 aliphatic rings. The van der Waals surface area contributed by atoms with Gasteiger partial charge in [-0.25, -0.2) is 4.98 Å². The number of anilines is 2. The Hall–Kier alpha value is -2.29. The van der Waals surface area contributed by atoms with Crippen LogP contribution in [0.4, 0.5) is 11.5 Å². The minimum absolute atomic E-state index is 0.0334. The fourth-order valence-corrected chi connectivity index (χ4v) is 1.29. The molecule has 0 radical (unpaired) electrons. The third kappa shape index (κ3) is 3.99. The molecule has 6 heteroatoms. The molecule has 0 saturated carbocycles. The zero-order chi connectivity index (χ0) is 12.7. The van der Waals surface area contributed by atoms with Crippen molar-refractivity contribution in [3.63, 3.8) is 0 Å². The summed E-state index contributed by atoms with van der Waals surface area (Å²) in [6.07, 6.45) is 1.81. The highest BCUT2D eigenvalue weighted by molar-refractivity contribution is 5.76. The lowest BCUT2D eigenvalue weighted by molar-refractivity contribution is -0.120. The van der Waals surface area contributed by atoms with E-state index in [2.05, 4.69) is 15.6 Å². The first kappa shape index (κ1) is 12.8. The molecule has 0 aliphatic heterocycles. The summed E-state index contributed by atoms with van der Waals surface area (Å²) in [5, 5.41) is 14.5. The minimum atomic E-state index is -0.0334. The predicted molar refractivity (Wildman–Crippen MR) is 65.2 cm³/mol. The summed E-state index contributed by atoms with van der Waals surface area (Å²) in [6, 6.07) is 3.54. The second-order valence-corrected chi connectivity index (χ2v) is 3.41. The van der Waals surface area contributed by atoms with Gasteiger partial charge in [0, 0.05) is 19.5 Å². The Kier molecular flexibility index (Phi) is 4.76. The average Bonchev–Trinajstić information content (AvgIpc) is 2.31. The highest BCUT2D eigenvalue weighted by atomic mass is 16.1. The topological polar surface area (TPSA) is 104 Å². The first-order chi connectivity index (χ1) is 8.17. The number of hydrogen-bond acceptors (Lipinski definition) is 5. The number of amides is 1. The van der Waals surface area contributed by atoms with Crippen molar-refractivity contribution in [1.29, 1.82) is 5.26 Å². The van der Waals surface area contributed by atoms with Gasteiger partial charge in [0.1, 0.15) is 11.9 Å². The minimum Gasteiger partial charge on any atom is -0.397 e. The number of carbonyl (C=O) groups excluding carboxylic acids is 1. The molecule has 1 aromatic heterocycles. The van der Waals surface area contributed by atoms with Crippen LogP contribution < -0.4 is 16.4 Å². The Morgan fingerprint density at radius 2 is 2.41 bits per heavy atom. The van der Waals surface area contributed by atoms with Crippen LogP contribution in [0, 0.1) is 11.3 Å². The Bertz CT molecular complexity index is 438. The number of rotatable bonds is 5. The second kappa shape index (κ2) is 6.33. The number of carbonyl (C=O) groups is 1. The van der Waals surface area contributed by atoms with Gasteiger partial charge in [0.25, 0.3) is 0 Å². The number of nitrogens with two attached hydrogens (primary N) is 1. The van der Waals surface area contributed by atoms with E-state index in [9.17, 15) is 4.79 Å². The van der Waals surface area contributed by atoms with Crippen molar-refractivity contribution in [3.05, 3.63) is 17.8 Å². The van der Waals surface area contributed by atoms with Crippen molar-refractivity contribution in [2.75, 3.05) is 24.1 Å². The predicted octanol–water partition coefficient (Wildman–Crippen LogP) is 0.474. The zero-order valence-corrected chi connectivity index (χ0v) is 9.66. The lowest BCUT2D eigenvalue weighted by Gasteiger charge is -2.07. The van der Waals surface area contributed by atoms with Crippen molar-refractivity contribution >= 4 is 17.4 Å². The number of nitrogen functional groups attached to an aromatic ring is 1. The lowest BCUT2D eigenvalue weighted by atomic mass is 10.2. The molecule has 1 aromatic rings. The molecule has 1 rings (SSSR count). The van der Waals surface area contributed by atoms with Crippen LogP contribution in [0.2, 0.25) is 0 Å². The number of nitrogens with zero attached hydrogens (tertiary/aromatic N) is 2. The maximum atomic E-state index is 11.2. The average molecular weight is 233 g/mol. The highest BCUT2D eigenvalue weighted by Crippen LogP contribution is 2.13. The van der Waals surface area contributed by atoms with E-state index in [1.54, 1.807) is 6.07 Å². The fraction of sp³-hybridized carbons (Fsp3) is 0.364. The summed E-state index contributed by atoms with van der Waals surface area (Å²) in [6.45, 7) is 2.90. The molecule has 1 amide bonds. The molecule has 17 heavy (non-hydrogen) atoms. The van der Waals surface area contributed by atoms with E-state index < -0.39 is 0 Å². The summed E-state index contributed by atoms with van der Waals surface area (Å²) in [4.78, 5) is 15.2. The normalized spacial score (nSPS) is 9.41. The van der Waals surface area contributed by atoms with Gasteiger partial charge < -0.3 is 16.4 Å². The van der Waals surface area contributed by atoms with Crippen molar-refractivity contribution in [3.8, 4) is 6.07 Å². The van der Waals surface area contributed by atoms with Gasteiger partial charge in [-0.2, -0.15) is 5.26 Å². The van der Waals surface area contributed by atoms with Gasteiger partial charge in [-0.1, -0.05) is 0 Å². The maximum absolute atomic E-state index is 11.2. The Morgan fingerprint density at radius 1 is 1.65 bits per heavy atom. The van der Waals surface area contributed by atoms with Crippen LogP contribution in [0.1, 0.15) is 18.9 Å². The van der Waals surface area contributed by atoms with Crippen LogP contribution in [-0.2, 0) is 4.79 Å². The van der Waals surface area contributed by atoms with Gasteiger partial charge >= 0.3 is 0 Å². The van der Waals surface area contributed by atoms with Gasteiger partial charge in [0.15, 0.2) is 0 Å². The standard InChI is InChI=1S/C11H15N5O/c1-2-14-10(17)3-4-15-11-8(6-12)5-9(13)7-16-11/h5,7H,2-4,13H2,1H3,(H,14,17)(H,15,16). The third-order valence-electron chi connectivity index (χ3n) is 2.05. The Morgan fingerprint density at radius 3 is 3.06 bits per heavy atom. The number of pyridine rings is 1. The zero-order valence-electron chi connectivity index (χ0n) is 9.66. The van der Waals surface area contributed by atoms with Crippen LogP contribution in [0.15, 0.2) is 12.3 Å². The highest BCUT2D eigenvalue weighted by Gasteiger charge is 2.04. The lowest BCUT2D eigenvalue weighted by Crippen LogP contribution is -2.25. The van der Waals surface area contributed by atoms with E-state index >= 15 is 0 Å². The molecule has 6 nitrogen and oxygen atoms in total. The molecule has 1 heterocycles. The summed E-state index contributed by atoms with van der Waals surface area (Å²) in [5.74, 6) is 0.417. The molecule has 0 fully saturated rings. The maximum Gasteiger partial charge on any atom is 0.221 e. The molecule has 0 bridgehead atoms. The van der Waals surface area contributed by atoms with E-state index in [-0.39, 0.29) is 5.91 Å². The van der Waals surface area contributed by atoms with Gasteiger partial charge in [-0.05, 0) is 13.0 Å². The van der Waals surface area contributed by atoms with Crippen LogP contribution in [-0.4, -0.2) is 24.0 Å². The molecule has 90 valence electrons. The molecular formula is C11H15N5O. The van der Waals surface area contributed by atoms with Gasteiger partial charge in [0.2, 0.25) is 5.91 Å². The van der Waals surface area contributed by atoms with Gasteiger partial charge in [0.05, 0.1) is 17.4 Å². The molecule has 0 aliphatic carbocycles. The Labute approximate surface area is 99.8 Å². The van der Waals surface area contributed by atoms with Crippen molar-refractivity contribution in [2.45, 2.75) is 13.3 Å². The third-order valence-corrected chi connectivity index (χ3v) is 2.05. The molecule has 0 spiro atoms. The summed E-state index contributed by atoms with van der Waals surface area (Å²) in [5.41, 5.74) is 6.33. The van der Waals surface area contributed by atoms with Crippen LogP contribution in [0.5, 0.6) is 0 Å². The molecule has 0 unspecified atom stereocenters. The van der Waals surface area contributed by atoms with E-state index in [1.807, 2.05) is 13.0 Å². The van der Waals surface area contributed by atoms with E-state index in [0.717, 1.165) is 0 Å². The van der Waals surface area contributed by atoms with Crippen LogP contribution >= 0.6 is 0 Å². The van der Waals surface area contributed by atoms with Crippen LogP contribution in [0.25, 0.3) is 0 Å². The summed E-state index contributed by atoms with van der Waals surface area (Å²) in [7, 11) is 0. The summed E-state index contributed by atoms with van der Waals surface area (Å²) >= 11 is 0. The summed E-state index contributed by atoms with van der Waals surface area (Å²) < 4.78 is 0. The molecule has 0 saturated heterocycles. The van der Waals surface area contributed by atoms with E-state index in [0.29, 0.717) is 36.6 Å². The monoisotopic (exact) mass is 233 g/mol. The second-order valence-electron chi connectivity index (χ2n) is 3.41. The first-order valence-electron chi connectivity index (χ1n) is 5.33. The smallest absolute Gasteiger partial charge is 0.221 e. The van der Waals surface area contributed by atoms with Crippen molar-refractivity contribution < 1.29 is 4.79 Å². The van der Waals surface area contributed by atoms with Crippen molar-refractivity contribution in [2.24, 2.45) is 0 Å². The largest absolute Gasteiger partial charge is 0.397 e. The molecular weight excluding hydrogens is 218 g/mol. The number of nitriles is 1. The molecule has 4 N–H and O–H groups in total. The van der Waals surface area contributed by atoms with E-state index in [4.69, 9.17) is 11.0 Å². The van der Waals surface area contributed by atoms with E-state index in [1.165, 1.54) is 6.20 Å². The molecule has 0 aromatic carbocycles. The SMILES string of the molecule is CCNC(=O)CCNc1ncc(N)cc1C#N. The number of hydrogen-bond donors (Lipinski definition) is 3. The first-order valence-corrected chi connectivity index (χ1v) is 5.33. The quantitative estimate of drug-likeness (QED) is 0.686. The van der Waals surface area contributed by atoms with Gasteiger partial charge in [-0.3, -0.25) is 4.79 Å².